The Morgan fingerprint density at radius 1 is 1.39 bits per heavy atom. The highest BCUT2D eigenvalue weighted by atomic mass is 35.5. The molecule has 2 rings (SSSR count). The second kappa shape index (κ2) is 7.46. The first kappa shape index (κ1) is 17.3. The first-order valence-electron chi connectivity index (χ1n) is 7.49. The van der Waals surface area contributed by atoms with Gasteiger partial charge in [-0.1, -0.05) is 43.6 Å². The molecule has 6 nitrogen and oxygen atoms in total. The third-order valence-electron chi connectivity index (χ3n) is 3.72. The van der Waals surface area contributed by atoms with E-state index < -0.39 is 0 Å². The molecule has 23 heavy (non-hydrogen) atoms. The third kappa shape index (κ3) is 4.22. The number of amides is 2. The highest BCUT2D eigenvalue weighted by Gasteiger charge is 2.22. The fraction of sp³-hybridized carbons (Fsp3) is 0.438. The van der Waals surface area contributed by atoms with E-state index in [-0.39, 0.29) is 18.0 Å². The van der Waals surface area contributed by atoms with Gasteiger partial charge in [-0.2, -0.15) is 5.10 Å². The topological polar surface area (TPSA) is 63.1 Å². The molecule has 1 aromatic carbocycles. The quantitative estimate of drug-likeness (QED) is 0.913. The molecule has 0 saturated carbocycles. The van der Waals surface area contributed by atoms with E-state index in [0.29, 0.717) is 11.6 Å². The molecule has 0 spiro atoms. The number of rotatable bonds is 5. The number of nitrogens with zero attached hydrogens (tertiary/aromatic N) is 4. The Labute approximate surface area is 141 Å². The van der Waals surface area contributed by atoms with E-state index in [1.165, 1.54) is 6.33 Å². The molecule has 124 valence electrons. The van der Waals surface area contributed by atoms with E-state index >= 15 is 0 Å². The van der Waals surface area contributed by atoms with Crippen LogP contribution in [0.2, 0.25) is 5.02 Å². The molecular weight excluding hydrogens is 314 g/mol. The molecule has 0 saturated heterocycles. The molecule has 1 atom stereocenters. The van der Waals surface area contributed by atoms with E-state index in [1.807, 2.05) is 24.3 Å². The van der Waals surface area contributed by atoms with Crippen molar-refractivity contribution in [1.29, 1.82) is 0 Å². The number of hydrogen-bond acceptors (Lipinski definition) is 3. The zero-order chi connectivity index (χ0) is 17.0. The van der Waals surface area contributed by atoms with Gasteiger partial charge in [0.05, 0.1) is 12.6 Å². The molecule has 2 amide bonds. The van der Waals surface area contributed by atoms with E-state index in [2.05, 4.69) is 29.2 Å². The molecule has 0 fully saturated rings. The fourth-order valence-corrected chi connectivity index (χ4v) is 2.57. The second-order valence-electron chi connectivity index (χ2n) is 5.85. The van der Waals surface area contributed by atoms with Crippen LogP contribution in [0.15, 0.2) is 30.6 Å². The number of benzene rings is 1. The van der Waals surface area contributed by atoms with Gasteiger partial charge in [-0.15, -0.1) is 0 Å². The van der Waals surface area contributed by atoms with Gasteiger partial charge < -0.3 is 10.2 Å². The maximum Gasteiger partial charge on any atom is 0.318 e. The minimum absolute atomic E-state index is 0.154. The number of carbonyl (C=O) groups excluding carboxylic acids is 1. The van der Waals surface area contributed by atoms with Crippen LogP contribution >= 0.6 is 11.6 Å². The van der Waals surface area contributed by atoms with Crippen molar-refractivity contribution >= 4 is 17.6 Å². The van der Waals surface area contributed by atoms with Crippen molar-refractivity contribution in [2.75, 3.05) is 7.05 Å². The summed E-state index contributed by atoms with van der Waals surface area (Å²) in [4.78, 5) is 18.2. The number of urea groups is 1. The van der Waals surface area contributed by atoms with Crippen LogP contribution in [0.1, 0.15) is 31.3 Å². The van der Waals surface area contributed by atoms with Crippen LogP contribution in [-0.2, 0) is 13.6 Å². The maximum absolute atomic E-state index is 12.5. The number of aryl methyl sites for hydroxylation is 1. The van der Waals surface area contributed by atoms with Crippen LogP contribution in [0.4, 0.5) is 4.79 Å². The van der Waals surface area contributed by atoms with Gasteiger partial charge in [-0.25, -0.2) is 9.78 Å². The SMILES string of the molecule is CC(C)C(NC(=O)N(C)Cc1ncnn1C)c1ccccc1Cl. The Kier molecular flexibility index (Phi) is 5.60. The Morgan fingerprint density at radius 2 is 2.09 bits per heavy atom. The van der Waals surface area contributed by atoms with Crippen LogP contribution in [0, 0.1) is 5.92 Å². The molecule has 1 aromatic heterocycles. The minimum Gasteiger partial charge on any atom is -0.331 e. The predicted octanol–water partition coefficient (Wildman–Crippen LogP) is 3.01. The average Bonchev–Trinajstić information content (AvgIpc) is 2.90. The van der Waals surface area contributed by atoms with Gasteiger partial charge in [0.25, 0.3) is 0 Å². The van der Waals surface area contributed by atoms with Crippen LogP contribution in [-0.4, -0.2) is 32.7 Å². The lowest BCUT2D eigenvalue weighted by Crippen LogP contribution is -2.41. The number of aromatic nitrogens is 3. The van der Waals surface area contributed by atoms with Crippen molar-refractivity contribution in [2.24, 2.45) is 13.0 Å². The van der Waals surface area contributed by atoms with Gasteiger partial charge >= 0.3 is 6.03 Å². The van der Waals surface area contributed by atoms with Crippen molar-refractivity contribution in [3.8, 4) is 0 Å². The summed E-state index contributed by atoms with van der Waals surface area (Å²) < 4.78 is 1.65. The van der Waals surface area contributed by atoms with Gasteiger partial charge in [0.1, 0.15) is 12.2 Å². The summed E-state index contributed by atoms with van der Waals surface area (Å²) in [5.74, 6) is 0.934. The van der Waals surface area contributed by atoms with Crippen LogP contribution in [0.5, 0.6) is 0 Å². The predicted molar refractivity (Wildman–Crippen MR) is 90.0 cm³/mol. The molecular formula is C16H22ClN5O. The highest BCUT2D eigenvalue weighted by molar-refractivity contribution is 6.31. The van der Waals surface area contributed by atoms with Crippen molar-refractivity contribution in [1.82, 2.24) is 25.0 Å². The van der Waals surface area contributed by atoms with Crippen molar-refractivity contribution in [2.45, 2.75) is 26.4 Å². The number of halogens is 1. The lowest BCUT2D eigenvalue weighted by atomic mass is 9.96. The summed E-state index contributed by atoms with van der Waals surface area (Å²) in [7, 11) is 3.53. The minimum atomic E-state index is -0.174. The van der Waals surface area contributed by atoms with Gasteiger partial charge in [-0.05, 0) is 17.5 Å². The lowest BCUT2D eigenvalue weighted by Gasteiger charge is -2.27. The summed E-state index contributed by atoms with van der Waals surface area (Å²) in [5, 5.41) is 7.71. The van der Waals surface area contributed by atoms with E-state index in [1.54, 1.807) is 23.7 Å². The van der Waals surface area contributed by atoms with Gasteiger partial charge in [0, 0.05) is 19.1 Å². The largest absolute Gasteiger partial charge is 0.331 e. The summed E-state index contributed by atoms with van der Waals surface area (Å²) in [6.07, 6.45) is 1.47. The molecule has 0 aliphatic carbocycles. The van der Waals surface area contributed by atoms with E-state index in [0.717, 1.165) is 11.4 Å². The maximum atomic E-state index is 12.5. The summed E-state index contributed by atoms with van der Waals surface area (Å²) in [6, 6.07) is 7.25. The van der Waals surface area contributed by atoms with Crippen molar-refractivity contribution < 1.29 is 4.79 Å². The normalized spacial score (nSPS) is 12.3. The van der Waals surface area contributed by atoms with E-state index in [4.69, 9.17) is 11.6 Å². The zero-order valence-corrected chi connectivity index (χ0v) is 14.6. The Morgan fingerprint density at radius 3 is 2.65 bits per heavy atom. The molecule has 7 heteroatoms. The molecule has 1 unspecified atom stereocenters. The molecule has 1 heterocycles. The second-order valence-corrected chi connectivity index (χ2v) is 6.26. The molecule has 0 aliphatic rings. The van der Waals surface area contributed by atoms with Crippen LogP contribution in [0.3, 0.4) is 0 Å². The molecule has 1 N–H and O–H groups in total. The average molecular weight is 336 g/mol. The number of nitrogens with one attached hydrogen (secondary N) is 1. The first-order chi connectivity index (χ1) is 10.9. The first-order valence-corrected chi connectivity index (χ1v) is 7.87. The fourth-order valence-electron chi connectivity index (χ4n) is 2.32. The summed E-state index contributed by atoms with van der Waals surface area (Å²) >= 11 is 6.28. The standard InChI is InChI=1S/C16H22ClN5O/c1-11(2)15(12-7-5-6-8-13(12)17)20-16(23)21(3)9-14-18-10-19-22(14)4/h5-8,10-11,15H,9H2,1-4H3,(H,20,23). The summed E-state index contributed by atoms with van der Waals surface area (Å²) in [5.41, 5.74) is 0.921. The van der Waals surface area contributed by atoms with Crippen LogP contribution in [0.25, 0.3) is 0 Å². The highest BCUT2D eigenvalue weighted by Crippen LogP contribution is 2.28. The smallest absolute Gasteiger partial charge is 0.318 e. The number of hydrogen-bond donors (Lipinski definition) is 1. The van der Waals surface area contributed by atoms with Crippen molar-refractivity contribution in [3.05, 3.63) is 47.0 Å². The Bertz CT molecular complexity index is 670. The number of carbonyl (C=O) groups is 1. The molecule has 0 aliphatic heterocycles. The monoisotopic (exact) mass is 335 g/mol. The van der Waals surface area contributed by atoms with Gasteiger partial charge in [-0.3, -0.25) is 4.68 Å². The zero-order valence-electron chi connectivity index (χ0n) is 13.8. The van der Waals surface area contributed by atoms with Crippen LogP contribution < -0.4 is 5.32 Å². The molecule has 2 aromatic rings. The van der Waals surface area contributed by atoms with E-state index in [9.17, 15) is 4.79 Å². The summed E-state index contributed by atoms with van der Waals surface area (Å²) in [6.45, 7) is 4.49. The van der Waals surface area contributed by atoms with Gasteiger partial charge in [0.15, 0.2) is 0 Å². The Balaban J connectivity index is 2.09. The molecule has 0 bridgehead atoms. The molecule has 0 radical (unpaired) electrons. The lowest BCUT2D eigenvalue weighted by molar-refractivity contribution is 0.197. The Hall–Kier alpha value is -2.08. The third-order valence-corrected chi connectivity index (χ3v) is 4.06. The van der Waals surface area contributed by atoms with Gasteiger partial charge in [0.2, 0.25) is 0 Å². The van der Waals surface area contributed by atoms with Crippen molar-refractivity contribution in [3.63, 3.8) is 0 Å².